The Balaban J connectivity index is 2.10. The summed E-state index contributed by atoms with van der Waals surface area (Å²) in [5.41, 5.74) is 0.598. The number of carbonyl (C=O) groups excluding carboxylic acids is 1. The van der Waals surface area contributed by atoms with Gasteiger partial charge < -0.3 is 19.5 Å². The molecule has 5 nitrogen and oxygen atoms in total. The standard InChI is InChI=1S/C18H21NO4/c1-4-17(23-14-8-6-5-7-9-14)18(20)19-13-10-15(21-2)12-16(11-13)22-3/h5-12,17H,4H2,1-3H3,(H,19,20)/t17-/m1/s1. The van der Waals surface area contributed by atoms with E-state index in [1.54, 1.807) is 32.4 Å². The Kier molecular flexibility index (Phi) is 5.86. The molecule has 0 aliphatic heterocycles. The molecule has 0 aliphatic rings. The first kappa shape index (κ1) is 16.7. The molecule has 0 aromatic heterocycles. The van der Waals surface area contributed by atoms with Crippen LogP contribution in [0.1, 0.15) is 13.3 Å². The molecule has 0 fully saturated rings. The number of carbonyl (C=O) groups is 1. The highest BCUT2D eigenvalue weighted by Crippen LogP contribution is 2.26. The smallest absolute Gasteiger partial charge is 0.265 e. The van der Waals surface area contributed by atoms with Crippen molar-refractivity contribution < 1.29 is 19.0 Å². The first-order valence-corrected chi connectivity index (χ1v) is 7.42. The highest BCUT2D eigenvalue weighted by atomic mass is 16.5. The van der Waals surface area contributed by atoms with Crippen LogP contribution in [0.3, 0.4) is 0 Å². The lowest BCUT2D eigenvalue weighted by Gasteiger charge is -2.18. The normalized spacial score (nSPS) is 11.4. The van der Waals surface area contributed by atoms with Crippen LogP contribution >= 0.6 is 0 Å². The predicted octanol–water partition coefficient (Wildman–Crippen LogP) is 3.50. The van der Waals surface area contributed by atoms with Gasteiger partial charge in [-0.3, -0.25) is 4.79 Å². The van der Waals surface area contributed by atoms with Gasteiger partial charge in [-0.2, -0.15) is 0 Å². The Hall–Kier alpha value is -2.69. The molecular formula is C18H21NO4. The third kappa shape index (κ3) is 4.64. The summed E-state index contributed by atoms with van der Waals surface area (Å²) in [5.74, 6) is 1.66. The van der Waals surface area contributed by atoms with E-state index >= 15 is 0 Å². The molecular weight excluding hydrogens is 294 g/mol. The van der Waals surface area contributed by atoms with Crippen molar-refractivity contribution in [3.63, 3.8) is 0 Å². The first-order chi connectivity index (χ1) is 11.2. The number of rotatable bonds is 7. The van der Waals surface area contributed by atoms with Gasteiger partial charge in [0.15, 0.2) is 6.10 Å². The maximum Gasteiger partial charge on any atom is 0.265 e. The summed E-state index contributed by atoms with van der Waals surface area (Å²) in [7, 11) is 3.13. The number of nitrogens with one attached hydrogen (secondary N) is 1. The Labute approximate surface area is 136 Å². The fourth-order valence-corrected chi connectivity index (χ4v) is 2.09. The minimum Gasteiger partial charge on any atom is -0.497 e. The van der Waals surface area contributed by atoms with Gasteiger partial charge in [0, 0.05) is 23.9 Å². The number of amides is 1. The van der Waals surface area contributed by atoms with E-state index in [4.69, 9.17) is 14.2 Å². The van der Waals surface area contributed by atoms with Crippen molar-refractivity contribution in [2.24, 2.45) is 0 Å². The van der Waals surface area contributed by atoms with Crippen LogP contribution in [0, 0.1) is 0 Å². The van der Waals surface area contributed by atoms with Gasteiger partial charge in [-0.15, -0.1) is 0 Å². The van der Waals surface area contributed by atoms with Crippen LogP contribution in [0.4, 0.5) is 5.69 Å². The van der Waals surface area contributed by atoms with E-state index < -0.39 is 6.10 Å². The molecule has 2 rings (SSSR count). The third-order valence-electron chi connectivity index (χ3n) is 3.30. The molecule has 0 bridgehead atoms. The van der Waals surface area contributed by atoms with Crippen molar-refractivity contribution in [3.8, 4) is 17.2 Å². The molecule has 0 saturated carbocycles. The molecule has 0 spiro atoms. The predicted molar refractivity (Wildman–Crippen MR) is 89.3 cm³/mol. The number of para-hydroxylation sites is 1. The molecule has 2 aromatic carbocycles. The monoisotopic (exact) mass is 315 g/mol. The molecule has 1 N–H and O–H groups in total. The number of benzene rings is 2. The lowest BCUT2D eigenvalue weighted by molar-refractivity contribution is -0.122. The van der Waals surface area contributed by atoms with Crippen molar-refractivity contribution in [3.05, 3.63) is 48.5 Å². The molecule has 0 radical (unpaired) electrons. The summed E-state index contributed by atoms with van der Waals surface area (Å²) >= 11 is 0. The number of hydrogen-bond donors (Lipinski definition) is 1. The molecule has 1 amide bonds. The Bertz CT molecular complexity index is 620. The maximum absolute atomic E-state index is 12.4. The van der Waals surface area contributed by atoms with Gasteiger partial charge in [0.2, 0.25) is 0 Å². The molecule has 0 unspecified atom stereocenters. The van der Waals surface area contributed by atoms with Crippen molar-refractivity contribution in [1.29, 1.82) is 0 Å². The average molecular weight is 315 g/mol. The summed E-state index contributed by atoms with van der Waals surface area (Å²) in [6, 6.07) is 14.5. The van der Waals surface area contributed by atoms with Crippen LogP contribution < -0.4 is 19.5 Å². The van der Waals surface area contributed by atoms with Gasteiger partial charge in [0.1, 0.15) is 17.2 Å². The Morgan fingerprint density at radius 1 is 1.00 bits per heavy atom. The second-order valence-electron chi connectivity index (χ2n) is 4.92. The number of methoxy groups -OCH3 is 2. The maximum atomic E-state index is 12.4. The molecule has 0 saturated heterocycles. The van der Waals surface area contributed by atoms with Crippen molar-refractivity contribution >= 4 is 11.6 Å². The highest BCUT2D eigenvalue weighted by molar-refractivity contribution is 5.94. The van der Waals surface area contributed by atoms with Crippen LogP contribution in [0.2, 0.25) is 0 Å². The van der Waals surface area contributed by atoms with Crippen molar-refractivity contribution in [1.82, 2.24) is 0 Å². The summed E-state index contributed by atoms with van der Waals surface area (Å²) in [6.45, 7) is 1.90. The zero-order valence-electron chi connectivity index (χ0n) is 13.5. The van der Waals surface area contributed by atoms with E-state index in [9.17, 15) is 4.79 Å². The van der Waals surface area contributed by atoms with Gasteiger partial charge in [-0.05, 0) is 18.6 Å². The highest BCUT2D eigenvalue weighted by Gasteiger charge is 2.19. The van der Waals surface area contributed by atoms with E-state index in [0.717, 1.165) is 0 Å². The molecule has 0 heterocycles. The van der Waals surface area contributed by atoms with Gasteiger partial charge in [0.25, 0.3) is 5.91 Å². The van der Waals surface area contributed by atoms with E-state index in [2.05, 4.69) is 5.32 Å². The average Bonchev–Trinajstić information content (AvgIpc) is 2.59. The van der Waals surface area contributed by atoms with Crippen LogP contribution in [-0.2, 0) is 4.79 Å². The second-order valence-corrected chi connectivity index (χ2v) is 4.92. The van der Waals surface area contributed by atoms with E-state index in [1.807, 2.05) is 37.3 Å². The van der Waals surface area contributed by atoms with Crippen LogP contribution in [-0.4, -0.2) is 26.2 Å². The molecule has 2 aromatic rings. The van der Waals surface area contributed by atoms with Crippen LogP contribution in [0.15, 0.2) is 48.5 Å². The molecule has 122 valence electrons. The Morgan fingerprint density at radius 3 is 2.13 bits per heavy atom. The lowest BCUT2D eigenvalue weighted by Crippen LogP contribution is -2.32. The minimum atomic E-state index is -0.574. The fourth-order valence-electron chi connectivity index (χ4n) is 2.09. The number of hydrogen-bond acceptors (Lipinski definition) is 4. The second kappa shape index (κ2) is 8.08. The van der Waals surface area contributed by atoms with Gasteiger partial charge >= 0.3 is 0 Å². The van der Waals surface area contributed by atoms with Crippen molar-refractivity contribution in [2.75, 3.05) is 19.5 Å². The summed E-state index contributed by atoms with van der Waals surface area (Å²) < 4.78 is 16.1. The zero-order valence-corrected chi connectivity index (χ0v) is 13.5. The molecule has 1 atom stereocenters. The van der Waals surface area contributed by atoms with Gasteiger partial charge in [-0.1, -0.05) is 25.1 Å². The number of anilines is 1. The van der Waals surface area contributed by atoms with E-state index in [0.29, 0.717) is 29.4 Å². The van der Waals surface area contributed by atoms with E-state index in [1.165, 1.54) is 0 Å². The van der Waals surface area contributed by atoms with Gasteiger partial charge in [-0.25, -0.2) is 0 Å². The summed E-state index contributed by atoms with van der Waals surface area (Å²) in [4.78, 5) is 12.4. The van der Waals surface area contributed by atoms with Crippen LogP contribution in [0.5, 0.6) is 17.2 Å². The summed E-state index contributed by atoms with van der Waals surface area (Å²) in [5, 5.41) is 2.84. The van der Waals surface area contributed by atoms with Gasteiger partial charge in [0.05, 0.1) is 14.2 Å². The zero-order chi connectivity index (χ0) is 16.7. The van der Waals surface area contributed by atoms with Crippen LogP contribution in [0.25, 0.3) is 0 Å². The largest absolute Gasteiger partial charge is 0.497 e. The fraction of sp³-hybridized carbons (Fsp3) is 0.278. The Morgan fingerprint density at radius 2 is 1.61 bits per heavy atom. The topological polar surface area (TPSA) is 56.8 Å². The minimum absolute atomic E-state index is 0.216. The quantitative estimate of drug-likeness (QED) is 0.849. The third-order valence-corrected chi connectivity index (χ3v) is 3.30. The molecule has 23 heavy (non-hydrogen) atoms. The number of ether oxygens (including phenoxy) is 3. The SMILES string of the molecule is CC[C@@H](Oc1ccccc1)C(=O)Nc1cc(OC)cc(OC)c1. The first-order valence-electron chi connectivity index (χ1n) is 7.42. The molecule has 5 heteroatoms. The molecule has 0 aliphatic carbocycles. The lowest BCUT2D eigenvalue weighted by atomic mass is 10.2. The summed E-state index contributed by atoms with van der Waals surface area (Å²) in [6.07, 6.45) is -0.0171. The van der Waals surface area contributed by atoms with Crippen molar-refractivity contribution in [2.45, 2.75) is 19.4 Å². The van der Waals surface area contributed by atoms with E-state index in [-0.39, 0.29) is 5.91 Å².